The van der Waals surface area contributed by atoms with Crippen LogP contribution in [0.3, 0.4) is 0 Å². The third-order valence-corrected chi connectivity index (χ3v) is 16.1. The number of aliphatic hydroxyl groups excluding tert-OH is 2. The Bertz CT molecular complexity index is 1110. The Morgan fingerprint density at radius 1 is 0.365 bits per heavy atom. The van der Waals surface area contributed by atoms with E-state index in [0.29, 0.717) is 25.9 Å². The molecule has 0 aromatic rings. The van der Waals surface area contributed by atoms with Gasteiger partial charge >= 0.3 is 5.97 Å². The maximum Gasteiger partial charge on any atom is 0.305 e. The van der Waals surface area contributed by atoms with Gasteiger partial charge in [0.15, 0.2) is 0 Å². The lowest BCUT2D eigenvalue weighted by Crippen LogP contribution is -2.45. The second-order valence-corrected chi connectivity index (χ2v) is 23.5. The van der Waals surface area contributed by atoms with Crippen molar-refractivity contribution < 1.29 is 24.5 Å². The molecule has 0 fully saturated rings. The van der Waals surface area contributed by atoms with E-state index >= 15 is 0 Å². The number of aliphatic hydroxyl groups is 2. The van der Waals surface area contributed by atoms with Crippen molar-refractivity contribution in [3.63, 3.8) is 0 Å². The maximum absolute atomic E-state index is 12.5. The molecule has 2 atom stereocenters. The van der Waals surface area contributed by atoms with Crippen molar-refractivity contribution >= 4 is 11.9 Å². The van der Waals surface area contributed by atoms with Crippen molar-refractivity contribution in [1.82, 2.24) is 5.32 Å². The van der Waals surface area contributed by atoms with Crippen molar-refractivity contribution in [2.75, 3.05) is 13.2 Å². The van der Waals surface area contributed by atoms with Gasteiger partial charge < -0.3 is 20.3 Å². The van der Waals surface area contributed by atoms with Gasteiger partial charge in [-0.05, 0) is 51.4 Å². The Balaban J connectivity index is 3.35. The fraction of sp³-hybridized carbons (Fsp3) is 0.941. The number of esters is 1. The fourth-order valence-electron chi connectivity index (χ4n) is 10.9. The number of hydrogen-bond donors (Lipinski definition) is 3. The van der Waals surface area contributed by atoms with Crippen molar-refractivity contribution in [3.8, 4) is 0 Å². The van der Waals surface area contributed by atoms with E-state index in [4.69, 9.17) is 4.74 Å². The van der Waals surface area contributed by atoms with Crippen LogP contribution in [-0.2, 0) is 14.3 Å². The highest BCUT2D eigenvalue weighted by Crippen LogP contribution is 2.19. The number of nitrogens with one attached hydrogen (secondary N) is 1. The van der Waals surface area contributed by atoms with Crippen LogP contribution in [0.25, 0.3) is 0 Å². The molecule has 1 amide bonds. The summed E-state index contributed by atoms with van der Waals surface area (Å²) in [5, 5.41) is 23.3. The average Bonchev–Trinajstić information content (AvgIpc) is 3.40. The normalized spacial score (nSPS) is 12.5. The number of ether oxygens (including phenoxy) is 1. The van der Waals surface area contributed by atoms with Crippen molar-refractivity contribution in [2.24, 2.45) is 0 Å². The van der Waals surface area contributed by atoms with E-state index in [2.05, 4.69) is 31.3 Å². The Morgan fingerprint density at radius 3 is 0.959 bits per heavy atom. The number of carbonyl (C=O) groups excluding carboxylic acids is 2. The van der Waals surface area contributed by atoms with Crippen molar-refractivity contribution in [1.29, 1.82) is 0 Å². The van der Waals surface area contributed by atoms with Crippen LogP contribution >= 0.6 is 0 Å². The minimum absolute atomic E-state index is 0.0196. The molecule has 0 rings (SSSR count). The molecule has 0 aromatic carbocycles. The summed E-state index contributed by atoms with van der Waals surface area (Å²) in [4.78, 5) is 24.6. The molecule has 2 unspecified atom stereocenters. The van der Waals surface area contributed by atoms with E-state index in [1.165, 1.54) is 315 Å². The number of rotatable bonds is 64. The molecule has 0 aromatic heterocycles. The van der Waals surface area contributed by atoms with Crippen LogP contribution in [0.5, 0.6) is 0 Å². The Hall–Kier alpha value is -1.40. The molecule has 0 spiro atoms. The Kier molecular flexibility index (Phi) is 62.9. The predicted molar refractivity (Wildman–Crippen MR) is 324 cm³/mol. The molecule has 0 saturated heterocycles. The maximum atomic E-state index is 12.5. The third kappa shape index (κ3) is 59.8. The van der Waals surface area contributed by atoms with Gasteiger partial charge in [0.25, 0.3) is 0 Å². The van der Waals surface area contributed by atoms with Gasteiger partial charge in [0.1, 0.15) is 0 Å². The first kappa shape index (κ1) is 72.6. The van der Waals surface area contributed by atoms with Gasteiger partial charge in [0.05, 0.1) is 25.4 Å². The molecular formula is C68H133NO5. The zero-order valence-corrected chi connectivity index (χ0v) is 50.4. The van der Waals surface area contributed by atoms with Gasteiger partial charge in [-0.15, -0.1) is 0 Å². The first-order valence-corrected chi connectivity index (χ1v) is 33.9. The summed E-state index contributed by atoms with van der Waals surface area (Å²) in [6.07, 6.45) is 78.2. The van der Waals surface area contributed by atoms with Crippen LogP contribution in [0.2, 0.25) is 0 Å². The Morgan fingerprint density at radius 2 is 0.635 bits per heavy atom. The molecule has 6 heteroatoms. The SMILES string of the molecule is CCCCCCCCCCCCCCCCCC(=O)OCCCCCCCCCCCCCC/C=C\CCCCCCCCCCCCCCC(=O)NC(CO)C(O)CCCCCCCCCCCCCCCC. The van der Waals surface area contributed by atoms with Crippen LogP contribution in [0.1, 0.15) is 386 Å². The number of unbranched alkanes of at least 4 members (excludes halogenated alkanes) is 51. The molecule has 0 aliphatic rings. The van der Waals surface area contributed by atoms with Crippen LogP contribution in [-0.4, -0.2) is 47.4 Å². The molecule has 6 nitrogen and oxygen atoms in total. The van der Waals surface area contributed by atoms with Crippen LogP contribution in [0, 0.1) is 0 Å². The van der Waals surface area contributed by atoms with E-state index < -0.39 is 12.1 Å². The summed E-state index contributed by atoms with van der Waals surface area (Å²) >= 11 is 0. The molecule has 440 valence electrons. The zero-order valence-electron chi connectivity index (χ0n) is 50.4. The fourth-order valence-corrected chi connectivity index (χ4v) is 10.9. The molecule has 0 saturated carbocycles. The quantitative estimate of drug-likeness (QED) is 0.0320. The molecule has 0 aliphatic carbocycles. The summed E-state index contributed by atoms with van der Waals surface area (Å²) < 4.78 is 5.50. The van der Waals surface area contributed by atoms with Gasteiger partial charge in [-0.2, -0.15) is 0 Å². The molecule has 0 heterocycles. The number of amides is 1. The van der Waals surface area contributed by atoms with Gasteiger partial charge in [-0.25, -0.2) is 0 Å². The first-order valence-electron chi connectivity index (χ1n) is 33.9. The number of allylic oxidation sites excluding steroid dienone is 2. The number of carbonyl (C=O) groups is 2. The highest BCUT2D eigenvalue weighted by Gasteiger charge is 2.20. The third-order valence-electron chi connectivity index (χ3n) is 16.1. The monoisotopic (exact) mass is 1040 g/mol. The smallest absolute Gasteiger partial charge is 0.305 e. The van der Waals surface area contributed by atoms with Crippen LogP contribution in [0.15, 0.2) is 12.2 Å². The number of hydrogen-bond acceptors (Lipinski definition) is 5. The van der Waals surface area contributed by atoms with Gasteiger partial charge in [-0.3, -0.25) is 9.59 Å². The van der Waals surface area contributed by atoms with E-state index in [9.17, 15) is 19.8 Å². The van der Waals surface area contributed by atoms with E-state index in [1.807, 2.05) is 0 Å². The molecule has 0 radical (unpaired) electrons. The molecular weight excluding hydrogens is 911 g/mol. The van der Waals surface area contributed by atoms with Gasteiger partial charge in [0, 0.05) is 12.8 Å². The van der Waals surface area contributed by atoms with Gasteiger partial charge in [0.2, 0.25) is 5.91 Å². The topological polar surface area (TPSA) is 95.9 Å². The average molecular weight is 1040 g/mol. The standard InChI is InChI=1S/C68H133NO5/c1-3-5-7-9-11-13-15-17-33-38-42-46-50-54-58-62-68(73)74-63-59-55-51-47-43-39-35-32-30-28-26-24-22-20-19-21-23-25-27-29-31-34-37-41-45-49-53-57-61-67(72)69-65(64-70)66(71)60-56-52-48-44-40-36-18-16-14-12-10-8-6-4-2/h19-20,65-66,70-71H,3-18,21-64H2,1-2H3,(H,69,72)/b20-19-. The summed E-state index contributed by atoms with van der Waals surface area (Å²) in [5.41, 5.74) is 0. The predicted octanol–water partition coefficient (Wildman–Crippen LogP) is 21.6. The lowest BCUT2D eigenvalue weighted by molar-refractivity contribution is -0.143. The second-order valence-electron chi connectivity index (χ2n) is 23.5. The highest BCUT2D eigenvalue weighted by atomic mass is 16.5. The van der Waals surface area contributed by atoms with E-state index in [-0.39, 0.29) is 18.5 Å². The largest absolute Gasteiger partial charge is 0.466 e. The lowest BCUT2D eigenvalue weighted by Gasteiger charge is -2.22. The summed E-state index contributed by atoms with van der Waals surface area (Å²) in [6.45, 7) is 4.99. The molecule has 3 N–H and O–H groups in total. The molecule has 0 bridgehead atoms. The van der Waals surface area contributed by atoms with Crippen LogP contribution < -0.4 is 5.32 Å². The zero-order chi connectivity index (χ0) is 53.6. The highest BCUT2D eigenvalue weighted by molar-refractivity contribution is 5.76. The van der Waals surface area contributed by atoms with Crippen molar-refractivity contribution in [2.45, 2.75) is 398 Å². The summed E-state index contributed by atoms with van der Waals surface area (Å²) in [6, 6.07) is -0.540. The van der Waals surface area contributed by atoms with Crippen molar-refractivity contribution in [3.05, 3.63) is 12.2 Å². The Labute approximate surface area is 463 Å². The van der Waals surface area contributed by atoms with Crippen LogP contribution in [0.4, 0.5) is 0 Å². The van der Waals surface area contributed by atoms with E-state index in [1.54, 1.807) is 0 Å². The second kappa shape index (κ2) is 64.1. The molecule has 0 aliphatic heterocycles. The summed E-state index contributed by atoms with van der Waals surface area (Å²) in [5.74, 6) is -0.0127. The van der Waals surface area contributed by atoms with Gasteiger partial charge in [-0.1, -0.05) is 334 Å². The lowest BCUT2D eigenvalue weighted by atomic mass is 10.0. The minimum Gasteiger partial charge on any atom is -0.466 e. The summed E-state index contributed by atoms with van der Waals surface area (Å²) in [7, 11) is 0. The minimum atomic E-state index is -0.663. The first-order chi connectivity index (χ1) is 36.5. The molecule has 74 heavy (non-hydrogen) atoms. The van der Waals surface area contributed by atoms with E-state index in [0.717, 1.165) is 38.5 Å².